The van der Waals surface area contributed by atoms with Gasteiger partial charge in [0.05, 0.1) is 0 Å². The van der Waals surface area contributed by atoms with Crippen LogP contribution in [0.1, 0.15) is 51.9 Å². The quantitative estimate of drug-likeness (QED) is 0.793. The number of fused-ring (bicyclic) bond motifs is 2. The molecule has 2 unspecified atom stereocenters. The van der Waals surface area contributed by atoms with Crippen LogP contribution in [0.5, 0.6) is 0 Å². The summed E-state index contributed by atoms with van der Waals surface area (Å²) < 4.78 is 0. The SMILES string of the molecule is CCNC1CC2CCC(C1)N2CCCN1CCCC1. The molecule has 3 saturated heterocycles. The zero-order chi connectivity index (χ0) is 13.1. The highest BCUT2D eigenvalue weighted by atomic mass is 15.2. The molecule has 0 aromatic rings. The molecule has 0 amide bonds. The summed E-state index contributed by atoms with van der Waals surface area (Å²) in [7, 11) is 0. The fraction of sp³-hybridized carbons (Fsp3) is 1.00. The molecule has 0 spiro atoms. The summed E-state index contributed by atoms with van der Waals surface area (Å²) in [6, 6.07) is 2.58. The van der Waals surface area contributed by atoms with Crippen molar-refractivity contribution in [1.29, 1.82) is 0 Å². The number of hydrogen-bond donors (Lipinski definition) is 1. The summed E-state index contributed by atoms with van der Waals surface area (Å²) in [4.78, 5) is 5.51. The first-order chi connectivity index (χ1) is 9.36. The van der Waals surface area contributed by atoms with Crippen molar-refractivity contribution >= 4 is 0 Å². The number of nitrogens with zero attached hydrogens (tertiary/aromatic N) is 2. The van der Waals surface area contributed by atoms with Crippen LogP contribution in [0.25, 0.3) is 0 Å². The molecule has 3 heterocycles. The molecule has 3 fully saturated rings. The van der Waals surface area contributed by atoms with Crippen LogP contribution in [-0.4, -0.2) is 60.6 Å². The minimum Gasteiger partial charge on any atom is -0.314 e. The Morgan fingerprint density at radius 1 is 1.00 bits per heavy atom. The third kappa shape index (κ3) is 3.32. The Morgan fingerprint density at radius 2 is 1.68 bits per heavy atom. The van der Waals surface area contributed by atoms with Crippen molar-refractivity contribution < 1.29 is 0 Å². The van der Waals surface area contributed by atoms with Gasteiger partial charge in [-0.15, -0.1) is 0 Å². The average Bonchev–Trinajstić information content (AvgIpc) is 2.98. The van der Waals surface area contributed by atoms with Gasteiger partial charge in [0.15, 0.2) is 0 Å². The molecule has 3 aliphatic heterocycles. The largest absolute Gasteiger partial charge is 0.314 e. The fourth-order valence-corrected chi connectivity index (χ4v) is 4.58. The van der Waals surface area contributed by atoms with E-state index in [1.807, 2.05) is 0 Å². The first kappa shape index (κ1) is 13.8. The van der Waals surface area contributed by atoms with E-state index in [4.69, 9.17) is 0 Å². The number of rotatable bonds is 6. The van der Waals surface area contributed by atoms with Gasteiger partial charge < -0.3 is 10.2 Å². The Hall–Kier alpha value is -0.120. The van der Waals surface area contributed by atoms with Gasteiger partial charge in [-0.2, -0.15) is 0 Å². The minimum absolute atomic E-state index is 0.803. The van der Waals surface area contributed by atoms with Crippen molar-refractivity contribution in [3.05, 3.63) is 0 Å². The van der Waals surface area contributed by atoms with Gasteiger partial charge in [-0.1, -0.05) is 6.92 Å². The Bertz CT molecular complexity index is 261. The molecule has 0 saturated carbocycles. The molecular weight excluding hydrogens is 234 g/mol. The van der Waals surface area contributed by atoms with Crippen molar-refractivity contribution in [2.24, 2.45) is 0 Å². The lowest BCUT2D eigenvalue weighted by molar-refractivity contribution is 0.112. The summed E-state index contributed by atoms with van der Waals surface area (Å²) in [5.41, 5.74) is 0. The van der Waals surface area contributed by atoms with Gasteiger partial charge >= 0.3 is 0 Å². The Labute approximate surface area is 118 Å². The smallest absolute Gasteiger partial charge is 0.0114 e. The van der Waals surface area contributed by atoms with Gasteiger partial charge in [-0.25, -0.2) is 0 Å². The molecular formula is C16H31N3. The highest BCUT2D eigenvalue weighted by molar-refractivity contribution is 4.97. The third-order valence-corrected chi connectivity index (χ3v) is 5.47. The molecule has 3 aliphatic rings. The molecule has 19 heavy (non-hydrogen) atoms. The lowest BCUT2D eigenvalue weighted by Crippen LogP contribution is -2.49. The van der Waals surface area contributed by atoms with Gasteiger partial charge in [0.2, 0.25) is 0 Å². The zero-order valence-electron chi connectivity index (χ0n) is 12.6. The van der Waals surface area contributed by atoms with Crippen LogP contribution < -0.4 is 5.32 Å². The normalized spacial score (nSPS) is 36.2. The van der Waals surface area contributed by atoms with Gasteiger partial charge in [0.25, 0.3) is 0 Å². The third-order valence-electron chi connectivity index (χ3n) is 5.47. The van der Waals surface area contributed by atoms with Crippen LogP contribution in [0.2, 0.25) is 0 Å². The molecule has 1 N–H and O–H groups in total. The standard InChI is InChI=1S/C16H31N3/c1-2-17-14-12-15-6-7-16(13-14)19(15)11-5-10-18-8-3-4-9-18/h14-17H,2-13H2,1H3. The number of hydrogen-bond acceptors (Lipinski definition) is 3. The summed E-state index contributed by atoms with van der Waals surface area (Å²) in [6.07, 6.45) is 9.95. The molecule has 110 valence electrons. The highest BCUT2D eigenvalue weighted by Crippen LogP contribution is 2.35. The summed E-state index contributed by atoms with van der Waals surface area (Å²) >= 11 is 0. The van der Waals surface area contributed by atoms with Crippen molar-refractivity contribution in [2.45, 2.75) is 70.0 Å². The molecule has 3 rings (SSSR count). The molecule has 0 aliphatic carbocycles. The average molecular weight is 265 g/mol. The first-order valence-corrected chi connectivity index (χ1v) is 8.58. The lowest BCUT2D eigenvalue weighted by Gasteiger charge is -2.39. The maximum atomic E-state index is 3.67. The molecule has 3 heteroatoms. The van der Waals surface area contributed by atoms with Crippen LogP contribution in [0.4, 0.5) is 0 Å². The molecule has 2 atom stereocenters. The second-order valence-corrected chi connectivity index (χ2v) is 6.75. The van der Waals surface area contributed by atoms with Gasteiger partial charge in [0, 0.05) is 18.1 Å². The lowest BCUT2D eigenvalue weighted by atomic mass is 9.97. The fourth-order valence-electron chi connectivity index (χ4n) is 4.58. The number of likely N-dealkylation sites (tertiary alicyclic amines) is 1. The van der Waals surface area contributed by atoms with E-state index >= 15 is 0 Å². The monoisotopic (exact) mass is 265 g/mol. The maximum absolute atomic E-state index is 3.67. The first-order valence-electron chi connectivity index (χ1n) is 8.58. The molecule has 3 nitrogen and oxygen atoms in total. The number of nitrogens with one attached hydrogen (secondary N) is 1. The molecule has 0 radical (unpaired) electrons. The second-order valence-electron chi connectivity index (χ2n) is 6.75. The van der Waals surface area contributed by atoms with E-state index < -0.39 is 0 Å². The van der Waals surface area contributed by atoms with Crippen LogP contribution >= 0.6 is 0 Å². The highest BCUT2D eigenvalue weighted by Gasteiger charge is 2.39. The van der Waals surface area contributed by atoms with Crippen molar-refractivity contribution in [3.8, 4) is 0 Å². The van der Waals surface area contributed by atoms with Crippen molar-refractivity contribution in [1.82, 2.24) is 15.1 Å². The minimum atomic E-state index is 0.803. The topological polar surface area (TPSA) is 18.5 Å². The Balaban J connectivity index is 1.42. The Kier molecular flexibility index (Phi) is 4.78. The summed E-state index contributed by atoms with van der Waals surface area (Å²) in [6.45, 7) is 8.78. The molecule has 0 aromatic heterocycles. The van der Waals surface area contributed by atoms with Crippen LogP contribution in [0.3, 0.4) is 0 Å². The van der Waals surface area contributed by atoms with Crippen LogP contribution in [0, 0.1) is 0 Å². The van der Waals surface area contributed by atoms with Crippen molar-refractivity contribution in [2.75, 3.05) is 32.7 Å². The van der Waals surface area contributed by atoms with Gasteiger partial charge in [-0.3, -0.25) is 4.90 Å². The van der Waals surface area contributed by atoms with E-state index in [1.165, 1.54) is 71.1 Å². The van der Waals surface area contributed by atoms with Crippen LogP contribution in [-0.2, 0) is 0 Å². The van der Waals surface area contributed by atoms with Gasteiger partial charge in [0.1, 0.15) is 0 Å². The van der Waals surface area contributed by atoms with E-state index in [9.17, 15) is 0 Å². The van der Waals surface area contributed by atoms with E-state index in [-0.39, 0.29) is 0 Å². The van der Waals surface area contributed by atoms with Crippen LogP contribution in [0.15, 0.2) is 0 Å². The van der Waals surface area contributed by atoms with E-state index in [2.05, 4.69) is 22.0 Å². The number of piperidine rings is 1. The van der Waals surface area contributed by atoms with E-state index in [1.54, 1.807) is 0 Å². The zero-order valence-corrected chi connectivity index (χ0v) is 12.6. The predicted molar refractivity (Wildman–Crippen MR) is 80.5 cm³/mol. The van der Waals surface area contributed by atoms with E-state index in [0.717, 1.165) is 24.7 Å². The summed E-state index contributed by atoms with van der Waals surface area (Å²) in [5.74, 6) is 0. The molecule has 0 aromatic carbocycles. The van der Waals surface area contributed by atoms with E-state index in [0.29, 0.717) is 0 Å². The molecule has 2 bridgehead atoms. The van der Waals surface area contributed by atoms with Gasteiger partial charge in [-0.05, 0) is 77.7 Å². The Morgan fingerprint density at radius 3 is 2.32 bits per heavy atom. The predicted octanol–water partition coefficient (Wildman–Crippen LogP) is 2.08. The maximum Gasteiger partial charge on any atom is 0.0114 e. The van der Waals surface area contributed by atoms with Crippen molar-refractivity contribution in [3.63, 3.8) is 0 Å². The summed E-state index contributed by atoms with van der Waals surface area (Å²) in [5, 5.41) is 3.67. The second kappa shape index (κ2) is 6.55.